The zero-order valence-electron chi connectivity index (χ0n) is 15.8. The van der Waals surface area contributed by atoms with Gasteiger partial charge >= 0.3 is 0 Å². The molecule has 1 aromatic heterocycles. The van der Waals surface area contributed by atoms with E-state index in [9.17, 15) is 4.79 Å². The summed E-state index contributed by atoms with van der Waals surface area (Å²) >= 11 is 0. The van der Waals surface area contributed by atoms with Crippen LogP contribution in [0.4, 0.5) is 0 Å². The van der Waals surface area contributed by atoms with Gasteiger partial charge in [-0.3, -0.25) is 4.79 Å². The van der Waals surface area contributed by atoms with Crippen LogP contribution in [-0.2, 0) is 17.8 Å². The molecule has 3 aromatic rings. The van der Waals surface area contributed by atoms with E-state index >= 15 is 0 Å². The van der Waals surface area contributed by atoms with Crippen molar-refractivity contribution in [3.05, 3.63) is 59.8 Å². The van der Waals surface area contributed by atoms with Gasteiger partial charge in [0.25, 0.3) is 0 Å². The van der Waals surface area contributed by atoms with Gasteiger partial charge in [0, 0.05) is 29.7 Å². The van der Waals surface area contributed by atoms with Crippen LogP contribution < -0.4 is 9.47 Å². The molecular weight excluding hydrogens is 352 g/mol. The van der Waals surface area contributed by atoms with E-state index in [0.717, 1.165) is 46.4 Å². The molecule has 28 heavy (non-hydrogen) atoms. The van der Waals surface area contributed by atoms with E-state index in [4.69, 9.17) is 9.47 Å². The van der Waals surface area contributed by atoms with Crippen LogP contribution in [0.2, 0.25) is 0 Å². The van der Waals surface area contributed by atoms with E-state index in [1.165, 1.54) is 12.8 Å². The van der Waals surface area contributed by atoms with Crippen LogP contribution in [0.5, 0.6) is 11.5 Å². The van der Waals surface area contributed by atoms with E-state index in [-0.39, 0.29) is 12.7 Å². The highest BCUT2D eigenvalue weighted by atomic mass is 16.7. The molecule has 0 atom stereocenters. The lowest BCUT2D eigenvalue weighted by Crippen LogP contribution is -2.39. The Morgan fingerprint density at radius 3 is 2.79 bits per heavy atom. The number of ether oxygens (including phenoxy) is 2. The summed E-state index contributed by atoms with van der Waals surface area (Å²) in [6, 6.07) is 14.5. The number of aromatic amines is 1. The van der Waals surface area contributed by atoms with Crippen LogP contribution in [0.25, 0.3) is 10.9 Å². The third-order valence-corrected chi connectivity index (χ3v) is 5.89. The number of nitrogens with zero attached hydrogens (tertiary/aromatic N) is 1. The monoisotopic (exact) mass is 376 g/mol. The first kappa shape index (κ1) is 17.2. The van der Waals surface area contributed by atoms with Crippen molar-refractivity contribution in [3.63, 3.8) is 0 Å². The predicted molar refractivity (Wildman–Crippen MR) is 107 cm³/mol. The van der Waals surface area contributed by atoms with Crippen LogP contribution in [0.15, 0.2) is 48.7 Å². The lowest BCUT2D eigenvalue weighted by atomic mass is 10.1. The molecule has 1 N–H and O–H groups in total. The number of rotatable bonds is 5. The molecule has 0 spiro atoms. The number of hydrogen-bond donors (Lipinski definition) is 1. The molecule has 2 aromatic carbocycles. The van der Waals surface area contributed by atoms with Crippen LogP contribution in [0.3, 0.4) is 0 Å². The van der Waals surface area contributed by atoms with Crippen LogP contribution in [0, 0.1) is 0 Å². The van der Waals surface area contributed by atoms with Gasteiger partial charge in [-0.05, 0) is 42.2 Å². The Kier molecular flexibility index (Phi) is 4.43. The zero-order chi connectivity index (χ0) is 18.9. The van der Waals surface area contributed by atoms with Crippen molar-refractivity contribution in [3.8, 4) is 11.5 Å². The topological polar surface area (TPSA) is 54.6 Å². The minimum Gasteiger partial charge on any atom is -0.454 e. The first-order valence-electron chi connectivity index (χ1n) is 10.0. The van der Waals surface area contributed by atoms with E-state index in [0.29, 0.717) is 19.0 Å². The van der Waals surface area contributed by atoms with Gasteiger partial charge < -0.3 is 19.4 Å². The summed E-state index contributed by atoms with van der Waals surface area (Å²) in [7, 11) is 0. The van der Waals surface area contributed by atoms with Crippen LogP contribution in [-0.4, -0.2) is 28.6 Å². The molecule has 2 heterocycles. The number of carbonyl (C=O) groups excluding carboxylic acids is 1. The quantitative estimate of drug-likeness (QED) is 0.718. The zero-order valence-corrected chi connectivity index (χ0v) is 15.8. The maximum atomic E-state index is 13.3. The molecule has 0 bridgehead atoms. The van der Waals surface area contributed by atoms with E-state index < -0.39 is 0 Å². The van der Waals surface area contributed by atoms with Crippen molar-refractivity contribution in [2.75, 3.05) is 6.79 Å². The van der Waals surface area contributed by atoms with Gasteiger partial charge in [0.1, 0.15) is 0 Å². The molecule has 1 amide bonds. The Balaban J connectivity index is 1.39. The minimum absolute atomic E-state index is 0.189. The maximum absolute atomic E-state index is 13.3. The number of para-hydroxylation sites is 1. The number of H-pyrrole nitrogens is 1. The number of nitrogens with one attached hydrogen (secondary N) is 1. The number of amides is 1. The Morgan fingerprint density at radius 2 is 1.89 bits per heavy atom. The third-order valence-electron chi connectivity index (χ3n) is 5.89. The molecule has 0 unspecified atom stereocenters. The fraction of sp³-hybridized carbons (Fsp3) is 0.348. The molecular formula is C23H24N2O3. The lowest BCUT2D eigenvalue weighted by Gasteiger charge is -2.29. The molecule has 144 valence electrons. The summed E-state index contributed by atoms with van der Waals surface area (Å²) < 4.78 is 10.9. The summed E-state index contributed by atoms with van der Waals surface area (Å²) in [5, 5.41) is 1.13. The molecule has 5 rings (SSSR count). The van der Waals surface area contributed by atoms with Gasteiger partial charge in [0.05, 0.1) is 6.42 Å². The largest absolute Gasteiger partial charge is 0.454 e. The smallest absolute Gasteiger partial charge is 0.231 e. The summed E-state index contributed by atoms with van der Waals surface area (Å²) in [5.74, 6) is 1.74. The van der Waals surface area contributed by atoms with Crippen molar-refractivity contribution >= 4 is 16.8 Å². The number of hydrogen-bond acceptors (Lipinski definition) is 3. The maximum Gasteiger partial charge on any atom is 0.231 e. The molecule has 5 heteroatoms. The standard InChI is InChI=1S/C23H24N2O3/c26-23(12-17-13-24-20-8-4-3-7-19(17)20)25(18-5-1-2-6-18)14-16-9-10-21-22(11-16)28-15-27-21/h3-4,7-11,13,18,24H,1-2,5-6,12,14-15H2. The molecule has 1 fully saturated rings. The second-order valence-corrected chi connectivity index (χ2v) is 7.68. The lowest BCUT2D eigenvalue weighted by molar-refractivity contribution is -0.133. The Hall–Kier alpha value is -2.95. The molecule has 0 radical (unpaired) electrons. The average Bonchev–Trinajstić information content (AvgIpc) is 3.47. The molecule has 2 aliphatic rings. The van der Waals surface area contributed by atoms with Crippen molar-refractivity contribution in [1.82, 2.24) is 9.88 Å². The summed E-state index contributed by atoms with van der Waals surface area (Å²) in [5.41, 5.74) is 3.23. The number of fused-ring (bicyclic) bond motifs is 2. The summed E-state index contributed by atoms with van der Waals surface area (Å²) in [6.45, 7) is 0.882. The van der Waals surface area contributed by atoms with E-state index in [1.54, 1.807) is 0 Å². The predicted octanol–water partition coefficient (Wildman–Crippen LogP) is 4.41. The van der Waals surface area contributed by atoms with Crippen molar-refractivity contribution in [2.24, 2.45) is 0 Å². The van der Waals surface area contributed by atoms with Crippen molar-refractivity contribution < 1.29 is 14.3 Å². The second-order valence-electron chi connectivity index (χ2n) is 7.68. The molecule has 1 saturated carbocycles. The van der Waals surface area contributed by atoms with Crippen LogP contribution >= 0.6 is 0 Å². The van der Waals surface area contributed by atoms with Gasteiger partial charge in [-0.1, -0.05) is 37.1 Å². The van der Waals surface area contributed by atoms with Crippen molar-refractivity contribution in [2.45, 2.75) is 44.7 Å². The van der Waals surface area contributed by atoms with Gasteiger partial charge in [0.2, 0.25) is 12.7 Å². The SMILES string of the molecule is O=C(Cc1c[nH]c2ccccc12)N(Cc1ccc2c(c1)OCO2)C1CCCC1. The van der Waals surface area contributed by atoms with E-state index in [1.807, 2.05) is 42.6 Å². The molecule has 1 aliphatic carbocycles. The second kappa shape index (κ2) is 7.23. The Morgan fingerprint density at radius 1 is 1.07 bits per heavy atom. The van der Waals surface area contributed by atoms with Crippen LogP contribution in [0.1, 0.15) is 36.8 Å². The number of benzene rings is 2. The highest BCUT2D eigenvalue weighted by Gasteiger charge is 2.28. The molecule has 0 saturated heterocycles. The number of aromatic nitrogens is 1. The van der Waals surface area contributed by atoms with Gasteiger partial charge in [-0.15, -0.1) is 0 Å². The Bertz CT molecular complexity index is 1000. The fourth-order valence-corrected chi connectivity index (χ4v) is 4.42. The Labute approximate surface area is 164 Å². The summed E-state index contributed by atoms with van der Waals surface area (Å²) in [4.78, 5) is 18.7. The fourth-order valence-electron chi connectivity index (χ4n) is 4.42. The third kappa shape index (κ3) is 3.21. The summed E-state index contributed by atoms with van der Waals surface area (Å²) in [6.07, 6.45) is 6.96. The van der Waals surface area contributed by atoms with E-state index in [2.05, 4.69) is 16.0 Å². The highest BCUT2D eigenvalue weighted by Crippen LogP contribution is 2.34. The first-order chi connectivity index (χ1) is 13.8. The van der Waals surface area contributed by atoms with Gasteiger partial charge in [-0.25, -0.2) is 0 Å². The molecule has 1 aliphatic heterocycles. The first-order valence-corrected chi connectivity index (χ1v) is 10.0. The highest BCUT2D eigenvalue weighted by molar-refractivity contribution is 5.89. The van der Waals surface area contributed by atoms with Crippen molar-refractivity contribution in [1.29, 1.82) is 0 Å². The van der Waals surface area contributed by atoms with Gasteiger partial charge in [0.15, 0.2) is 11.5 Å². The minimum atomic E-state index is 0.189. The normalized spacial score (nSPS) is 16.0. The number of carbonyl (C=O) groups is 1. The molecule has 5 nitrogen and oxygen atoms in total. The van der Waals surface area contributed by atoms with Gasteiger partial charge in [-0.2, -0.15) is 0 Å². The average molecular weight is 376 g/mol.